The number of carbonyl (C=O) groups is 2. The molecule has 5 nitrogen and oxygen atoms in total. The maximum atomic E-state index is 11.4. The second-order valence-electron chi connectivity index (χ2n) is 3.20. The number of benzene rings is 1. The van der Waals surface area contributed by atoms with Crippen molar-refractivity contribution in [1.29, 1.82) is 0 Å². The van der Waals surface area contributed by atoms with Crippen LogP contribution in [0.1, 0.15) is 10.4 Å². The largest absolute Gasteiger partial charge is 0.495 e. The third-order valence-corrected chi connectivity index (χ3v) is 2.55. The molecule has 1 amide bonds. The molecule has 1 aromatic rings. The van der Waals surface area contributed by atoms with E-state index in [9.17, 15) is 9.59 Å². The van der Waals surface area contributed by atoms with Gasteiger partial charge in [0.1, 0.15) is 5.75 Å². The molecule has 0 saturated heterocycles. The minimum Gasteiger partial charge on any atom is -0.495 e. The lowest BCUT2D eigenvalue weighted by Gasteiger charge is -2.10. The van der Waals surface area contributed by atoms with Gasteiger partial charge < -0.3 is 15.2 Å². The van der Waals surface area contributed by atoms with Crippen molar-refractivity contribution in [1.82, 2.24) is 0 Å². The zero-order valence-corrected chi connectivity index (χ0v) is 10.3. The fourth-order valence-corrected chi connectivity index (χ4v) is 1.58. The first-order valence-corrected chi connectivity index (χ1v) is 6.18. The van der Waals surface area contributed by atoms with Gasteiger partial charge in [0.05, 0.1) is 24.1 Å². The van der Waals surface area contributed by atoms with Crippen molar-refractivity contribution in [3.05, 3.63) is 23.8 Å². The first kappa shape index (κ1) is 13.4. The molecule has 6 heteroatoms. The van der Waals surface area contributed by atoms with Crippen molar-refractivity contribution in [2.24, 2.45) is 0 Å². The van der Waals surface area contributed by atoms with E-state index in [1.54, 1.807) is 0 Å². The van der Waals surface area contributed by atoms with Crippen molar-refractivity contribution >= 4 is 29.3 Å². The van der Waals surface area contributed by atoms with Crippen LogP contribution in [0.25, 0.3) is 0 Å². The van der Waals surface area contributed by atoms with Gasteiger partial charge in [-0.2, -0.15) is 11.8 Å². The van der Waals surface area contributed by atoms with Gasteiger partial charge in [0.15, 0.2) is 0 Å². The molecule has 0 bridgehead atoms. The Hall–Kier alpha value is -1.69. The fourth-order valence-electron chi connectivity index (χ4n) is 1.24. The van der Waals surface area contributed by atoms with Crippen molar-refractivity contribution in [3.63, 3.8) is 0 Å². The van der Waals surface area contributed by atoms with Crippen LogP contribution in [-0.4, -0.2) is 36.1 Å². The van der Waals surface area contributed by atoms with Gasteiger partial charge in [0.25, 0.3) is 0 Å². The first-order valence-electron chi connectivity index (χ1n) is 4.78. The maximum absolute atomic E-state index is 11.4. The van der Waals surface area contributed by atoms with E-state index in [-0.39, 0.29) is 11.5 Å². The summed E-state index contributed by atoms with van der Waals surface area (Å²) in [5.41, 5.74) is 0.585. The van der Waals surface area contributed by atoms with Crippen LogP contribution >= 0.6 is 11.8 Å². The Labute approximate surface area is 103 Å². The average Bonchev–Trinajstić information content (AvgIpc) is 2.29. The summed E-state index contributed by atoms with van der Waals surface area (Å²) >= 11 is 1.40. The highest BCUT2D eigenvalue weighted by Crippen LogP contribution is 2.25. The predicted octanol–water partition coefficient (Wildman–Crippen LogP) is 1.69. The molecule has 1 aromatic carbocycles. The number of aromatic carboxylic acids is 1. The zero-order chi connectivity index (χ0) is 12.8. The van der Waals surface area contributed by atoms with Crippen LogP contribution in [0.2, 0.25) is 0 Å². The number of hydrogen-bond acceptors (Lipinski definition) is 4. The Morgan fingerprint density at radius 2 is 2.18 bits per heavy atom. The molecule has 92 valence electrons. The molecule has 0 radical (unpaired) electrons. The number of thioether (sulfide) groups is 1. The third kappa shape index (κ3) is 3.67. The second kappa shape index (κ2) is 6.15. The molecule has 0 saturated carbocycles. The minimum atomic E-state index is -1.04. The summed E-state index contributed by atoms with van der Waals surface area (Å²) in [6.45, 7) is 0. The minimum absolute atomic E-state index is 0.115. The normalized spacial score (nSPS) is 9.76. The summed E-state index contributed by atoms with van der Waals surface area (Å²) in [6, 6.07) is 4.30. The van der Waals surface area contributed by atoms with E-state index >= 15 is 0 Å². The highest BCUT2D eigenvalue weighted by Gasteiger charge is 2.10. The van der Waals surface area contributed by atoms with Crippen molar-refractivity contribution in [2.75, 3.05) is 24.4 Å². The van der Waals surface area contributed by atoms with Gasteiger partial charge in [-0.1, -0.05) is 0 Å². The van der Waals surface area contributed by atoms with Gasteiger partial charge in [0.2, 0.25) is 5.91 Å². The van der Waals surface area contributed by atoms with E-state index < -0.39 is 5.97 Å². The number of carboxylic acids is 1. The number of amides is 1. The van der Waals surface area contributed by atoms with Crippen LogP contribution < -0.4 is 10.1 Å². The molecule has 1 rings (SSSR count). The van der Waals surface area contributed by atoms with Crippen LogP contribution in [0.15, 0.2) is 18.2 Å². The Balaban J connectivity index is 2.92. The number of hydrogen-bond donors (Lipinski definition) is 2. The highest BCUT2D eigenvalue weighted by molar-refractivity contribution is 7.99. The standard InChI is InChI=1S/C11H13NO4S/c1-16-9-5-7(11(14)15)3-4-8(9)12-10(13)6-17-2/h3-5H,6H2,1-2H3,(H,12,13)(H,14,15). The lowest BCUT2D eigenvalue weighted by Crippen LogP contribution is -2.14. The Morgan fingerprint density at radius 3 is 2.71 bits per heavy atom. The average molecular weight is 255 g/mol. The molecule has 0 heterocycles. The number of carboxylic acid groups (broad SMARTS) is 1. The fraction of sp³-hybridized carbons (Fsp3) is 0.273. The van der Waals surface area contributed by atoms with Gasteiger partial charge in [-0.15, -0.1) is 0 Å². The predicted molar refractivity (Wildman–Crippen MR) is 67.0 cm³/mol. The number of anilines is 1. The third-order valence-electron chi connectivity index (χ3n) is 2.00. The van der Waals surface area contributed by atoms with Crippen molar-refractivity contribution in [3.8, 4) is 5.75 Å². The van der Waals surface area contributed by atoms with E-state index in [4.69, 9.17) is 9.84 Å². The second-order valence-corrected chi connectivity index (χ2v) is 4.07. The molecule has 0 aliphatic carbocycles. The summed E-state index contributed by atoms with van der Waals surface area (Å²) in [5.74, 6) is -0.521. The van der Waals surface area contributed by atoms with E-state index in [1.807, 2.05) is 6.26 Å². The smallest absolute Gasteiger partial charge is 0.335 e. The molecule has 0 aromatic heterocycles. The number of nitrogens with one attached hydrogen (secondary N) is 1. The molecule has 0 unspecified atom stereocenters. The highest BCUT2D eigenvalue weighted by atomic mass is 32.2. The lowest BCUT2D eigenvalue weighted by atomic mass is 10.2. The monoisotopic (exact) mass is 255 g/mol. The summed E-state index contributed by atoms with van der Waals surface area (Å²) in [5, 5.41) is 11.5. The molecule has 0 atom stereocenters. The van der Waals surface area contributed by atoms with Gasteiger partial charge in [-0.3, -0.25) is 4.79 Å². The topological polar surface area (TPSA) is 75.6 Å². The number of methoxy groups -OCH3 is 1. The summed E-state index contributed by atoms with van der Waals surface area (Å²) < 4.78 is 5.03. The summed E-state index contributed by atoms with van der Waals surface area (Å²) in [7, 11) is 1.42. The molecule has 0 spiro atoms. The van der Waals surface area contributed by atoms with E-state index in [0.717, 1.165) is 0 Å². The van der Waals surface area contributed by atoms with Crippen molar-refractivity contribution < 1.29 is 19.4 Å². The van der Waals surface area contributed by atoms with Gasteiger partial charge in [-0.05, 0) is 24.5 Å². The molecule has 0 fully saturated rings. The molecule has 0 aliphatic rings. The number of carbonyl (C=O) groups excluding carboxylic acids is 1. The lowest BCUT2D eigenvalue weighted by molar-refractivity contribution is -0.113. The summed E-state index contributed by atoms with van der Waals surface area (Å²) in [4.78, 5) is 22.2. The van der Waals surface area contributed by atoms with Gasteiger partial charge >= 0.3 is 5.97 Å². The van der Waals surface area contributed by atoms with Crippen molar-refractivity contribution in [2.45, 2.75) is 0 Å². The van der Waals surface area contributed by atoms with E-state index in [0.29, 0.717) is 17.2 Å². The van der Waals surface area contributed by atoms with Crippen LogP contribution in [-0.2, 0) is 4.79 Å². The molecular formula is C11H13NO4S. The van der Waals surface area contributed by atoms with Gasteiger partial charge in [-0.25, -0.2) is 4.79 Å². The Morgan fingerprint density at radius 1 is 1.47 bits per heavy atom. The summed E-state index contributed by atoms with van der Waals surface area (Å²) in [6.07, 6.45) is 1.82. The Kier molecular flexibility index (Phi) is 4.84. The quantitative estimate of drug-likeness (QED) is 0.837. The SMILES string of the molecule is COc1cc(C(=O)O)ccc1NC(=O)CSC. The molecule has 0 aliphatic heterocycles. The first-order chi connectivity index (χ1) is 8.08. The van der Waals surface area contributed by atoms with Crippen LogP contribution in [0.5, 0.6) is 5.75 Å². The van der Waals surface area contributed by atoms with E-state index in [2.05, 4.69) is 5.32 Å². The van der Waals surface area contributed by atoms with Gasteiger partial charge in [0, 0.05) is 0 Å². The molecule has 2 N–H and O–H groups in total. The van der Waals surface area contributed by atoms with E-state index in [1.165, 1.54) is 37.1 Å². The van der Waals surface area contributed by atoms with Crippen LogP contribution in [0.3, 0.4) is 0 Å². The van der Waals surface area contributed by atoms with Crippen LogP contribution in [0, 0.1) is 0 Å². The maximum Gasteiger partial charge on any atom is 0.335 e. The molecular weight excluding hydrogens is 242 g/mol. The Bertz CT molecular complexity index is 433. The number of rotatable bonds is 5. The number of ether oxygens (including phenoxy) is 1. The zero-order valence-electron chi connectivity index (χ0n) is 9.52. The molecule has 17 heavy (non-hydrogen) atoms. The van der Waals surface area contributed by atoms with Crippen LogP contribution in [0.4, 0.5) is 5.69 Å².